The molecule has 19 heteroatoms. The smallest absolute Gasteiger partial charge is 0.475 e. The van der Waals surface area contributed by atoms with Crippen LogP contribution in [0.2, 0.25) is 0 Å². The molecule has 6 atom stereocenters. The Morgan fingerprint density at radius 2 is 1.67 bits per heavy atom. The van der Waals surface area contributed by atoms with Crippen molar-refractivity contribution in [2.75, 3.05) is 42.9 Å². The van der Waals surface area contributed by atoms with E-state index in [1.165, 1.54) is 11.1 Å². The molecular formula is C38H47F3N10O6. The van der Waals surface area contributed by atoms with Crippen LogP contribution in [0, 0.1) is 0 Å². The van der Waals surface area contributed by atoms with Gasteiger partial charge in [-0.3, -0.25) is 4.79 Å². The summed E-state index contributed by atoms with van der Waals surface area (Å²) in [5.41, 5.74) is 4.60. The van der Waals surface area contributed by atoms with Gasteiger partial charge in [0.05, 0.1) is 18.4 Å². The van der Waals surface area contributed by atoms with Crippen LogP contribution >= 0.6 is 0 Å². The molecule has 3 fully saturated rings. The van der Waals surface area contributed by atoms with Gasteiger partial charge in [-0.1, -0.05) is 61.5 Å². The Morgan fingerprint density at radius 3 is 2.37 bits per heavy atom. The number of carbonyl (C=O) groups is 3. The number of benzene rings is 2. The van der Waals surface area contributed by atoms with Crippen molar-refractivity contribution in [2.24, 2.45) is 0 Å². The normalized spacial score (nSPS) is 23.2. The number of amides is 3. The van der Waals surface area contributed by atoms with E-state index in [9.17, 15) is 33.0 Å². The number of nitrogens with one attached hydrogen (secondary N) is 5. The summed E-state index contributed by atoms with van der Waals surface area (Å²) in [5.74, 6) is -1.90. The molecule has 2 saturated heterocycles. The van der Waals surface area contributed by atoms with Crippen molar-refractivity contribution >= 4 is 40.8 Å². The van der Waals surface area contributed by atoms with E-state index < -0.39 is 36.4 Å². The van der Waals surface area contributed by atoms with Crippen molar-refractivity contribution in [2.45, 2.75) is 81.6 Å². The second kappa shape index (κ2) is 18.2. The number of carboxylic acid groups (broad SMARTS) is 1. The van der Waals surface area contributed by atoms with Gasteiger partial charge in [-0.2, -0.15) is 23.1 Å². The number of rotatable bonds is 11. The van der Waals surface area contributed by atoms with Crippen molar-refractivity contribution in [3.63, 3.8) is 0 Å². The number of carbonyl (C=O) groups excluding carboxylic acids is 2. The number of aliphatic carboxylic acids is 1. The predicted molar refractivity (Wildman–Crippen MR) is 205 cm³/mol. The van der Waals surface area contributed by atoms with E-state index in [1.54, 1.807) is 17.8 Å². The molecule has 0 spiro atoms. The molecule has 306 valence electrons. The van der Waals surface area contributed by atoms with E-state index in [0.717, 1.165) is 37.9 Å². The van der Waals surface area contributed by atoms with Gasteiger partial charge < -0.3 is 51.4 Å². The van der Waals surface area contributed by atoms with Crippen LogP contribution in [-0.2, 0) is 16.0 Å². The maximum Gasteiger partial charge on any atom is 0.490 e. The Kier molecular flexibility index (Phi) is 13.1. The van der Waals surface area contributed by atoms with Crippen molar-refractivity contribution in [3.8, 4) is 11.1 Å². The number of aliphatic hydroxyl groups excluding tert-OH is 2. The molecule has 57 heavy (non-hydrogen) atoms. The summed E-state index contributed by atoms with van der Waals surface area (Å²) >= 11 is 0. The number of fused-ring (bicyclic) bond motifs is 1. The molecule has 3 aliphatic rings. The van der Waals surface area contributed by atoms with E-state index in [4.69, 9.17) is 24.9 Å². The van der Waals surface area contributed by atoms with Crippen LogP contribution in [0.1, 0.15) is 44.2 Å². The summed E-state index contributed by atoms with van der Waals surface area (Å²) in [6.45, 7) is 5.19. The van der Waals surface area contributed by atoms with Crippen LogP contribution in [0.3, 0.4) is 0 Å². The van der Waals surface area contributed by atoms with Gasteiger partial charge in [0.25, 0.3) is 0 Å². The summed E-state index contributed by atoms with van der Waals surface area (Å²) in [6, 6.07) is 17.4. The molecule has 7 rings (SSSR count). The Bertz CT molecular complexity index is 2010. The maximum absolute atomic E-state index is 12.7. The van der Waals surface area contributed by atoms with E-state index >= 15 is 0 Å². The van der Waals surface area contributed by atoms with E-state index in [2.05, 4.69) is 55.7 Å². The molecule has 1 saturated carbocycles. The molecule has 16 nitrogen and oxygen atoms in total. The van der Waals surface area contributed by atoms with Crippen molar-refractivity contribution in [1.82, 2.24) is 40.8 Å². The summed E-state index contributed by atoms with van der Waals surface area (Å²) in [5, 5.41) is 44.9. The molecular weight excluding hydrogens is 749 g/mol. The predicted octanol–water partition coefficient (Wildman–Crippen LogP) is 2.58. The Labute approximate surface area is 326 Å². The topological polar surface area (TPSA) is 219 Å². The first kappa shape index (κ1) is 41.1. The minimum atomic E-state index is -5.08. The van der Waals surface area contributed by atoms with Gasteiger partial charge in [-0.15, -0.1) is 0 Å². The molecule has 0 unspecified atom stereocenters. The van der Waals surface area contributed by atoms with E-state index in [-0.39, 0.29) is 30.4 Å². The van der Waals surface area contributed by atoms with Gasteiger partial charge in [0.1, 0.15) is 12.2 Å². The van der Waals surface area contributed by atoms with E-state index in [0.29, 0.717) is 49.0 Å². The maximum atomic E-state index is 12.7. The number of imidazole rings is 1. The monoisotopic (exact) mass is 796 g/mol. The van der Waals surface area contributed by atoms with Gasteiger partial charge >= 0.3 is 18.2 Å². The molecule has 3 amide bonds. The highest BCUT2D eigenvalue weighted by Gasteiger charge is 2.44. The largest absolute Gasteiger partial charge is 0.490 e. The van der Waals surface area contributed by atoms with Crippen molar-refractivity contribution < 1.29 is 42.9 Å². The summed E-state index contributed by atoms with van der Waals surface area (Å²) < 4.78 is 33.5. The average molecular weight is 797 g/mol. The fourth-order valence-electron chi connectivity index (χ4n) is 7.35. The summed E-state index contributed by atoms with van der Waals surface area (Å²) in [6.07, 6.45) is -2.73. The number of nitrogens with zero attached hydrogens (tertiary/aromatic N) is 5. The number of anilines is 2. The van der Waals surface area contributed by atoms with Gasteiger partial charge in [0.15, 0.2) is 17.0 Å². The lowest BCUT2D eigenvalue weighted by Gasteiger charge is -2.21. The zero-order chi connectivity index (χ0) is 40.7. The fraction of sp³-hybridized carbons (Fsp3) is 0.474. The Morgan fingerprint density at radius 1 is 0.947 bits per heavy atom. The van der Waals surface area contributed by atoms with Crippen LogP contribution in [0.15, 0.2) is 60.9 Å². The molecule has 2 aromatic carbocycles. The number of alkyl halides is 3. The number of hydrogen-bond acceptors (Lipinski definition) is 11. The number of aromatic nitrogens is 4. The Balaban J connectivity index is 0.000000719. The van der Waals surface area contributed by atoms with Gasteiger partial charge in [0, 0.05) is 44.7 Å². The lowest BCUT2D eigenvalue weighted by molar-refractivity contribution is -0.192. The van der Waals surface area contributed by atoms with E-state index in [1.807, 2.05) is 30.3 Å². The molecule has 0 radical (unpaired) electrons. The molecule has 2 aromatic heterocycles. The Hall–Kier alpha value is -5.53. The van der Waals surface area contributed by atoms with Crippen LogP contribution in [0.5, 0.6) is 0 Å². The quantitative estimate of drug-likeness (QED) is 0.110. The second-order valence-electron chi connectivity index (χ2n) is 14.3. The summed E-state index contributed by atoms with van der Waals surface area (Å²) in [4.78, 5) is 50.4. The highest BCUT2D eigenvalue weighted by molar-refractivity contribution is 5.85. The average Bonchev–Trinajstić information content (AvgIpc) is 4.02. The molecule has 0 bridgehead atoms. The third kappa shape index (κ3) is 10.1. The van der Waals surface area contributed by atoms with Crippen LogP contribution in [0.4, 0.5) is 29.7 Å². The van der Waals surface area contributed by atoms with Crippen LogP contribution in [-0.4, -0.2) is 122 Å². The van der Waals surface area contributed by atoms with Gasteiger partial charge in [-0.25, -0.2) is 14.6 Å². The highest BCUT2D eigenvalue weighted by Crippen LogP contribution is 2.35. The van der Waals surface area contributed by atoms with Crippen LogP contribution < -0.4 is 31.5 Å². The first-order valence-electron chi connectivity index (χ1n) is 18.9. The van der Waals surface area contributed by atoms with Crippen molar-refractivity contribution in [3.05, 3.63) is 66.5 Å². The highest BCUT2D eigenvalue weighted by atomic mass is 19.4. The standard InChI is InChI=1S/C36H46N10O4.C2HF3O2/c1-2-29(47)42-27-18-28(32(49)31(27)48)46-21-39-30-33(38-16-12-23-10-6-7-11-26(23)22-8-4-3-5-9-22)43-35(44-34(30)46)45-17-14-25(20-45)41-36(50)40-24-13-15-37-19-24;3-2(4,5)1(6)7/h3-11,21,24-25,27-28,31-32,37,48-49H,2,12-20H2,1H3,(H,42,47)(H,38,43,44)(H2,40,41,50);(H,6,7)/t24-,25-,27+,28-,31-,32+;/m1./s1. The second-order valence-corrected chi connectivity index (χ2v) is 14.3. The zero-order valence-corrected chi connectivity index (χ0v) is 31.2. The third-order valence-electron chi connectivity index (χ3n) is 10.3. The number of hydrogen-bond donors (Lipinski definition) is 8. The molecule has 2 aliphatic heterocycles. The first-order chi connectivity index (χ1) is 27.3. The SMILES string of the molecule is CCC(=O)N[C@H]1C[C@@H](n2cnc3c(NCCc4ccccc4-c4ccccc4)nc(N4CC[C@@H](NC(=O)N[C@@H]5CCNC5)C4)nc32)[C@H](O)[C@@H]1O.O=C(O)C(F)(F)F. The fourth-order valence-corrected chi connectivity index (χ4v) is 7.35. The zero-order valence-electron chi connectivity index (χ0n) is 31.2. The number of halogens is 3. The number of carboxylic acids is 1. The van der Waals surface area contributed by atoms with Crippen molar-refractivity contribution in [1.29, 1.82) is 0 Å². The van der Waals surface area contributed by atoms with Gasteiger partial charge in [0.2, 0.25) is 11.9 Å². The van der Waals surface area contributed by atoms with Gasteiger partial charge in [-0.05, 0) is 48.9 Å². The molecule has 1 aliphatic carbocycles. The molecule has 4 aromatic rings. The molecule has 8 N–H and O–H groups in total. The lowest BCUT2D eigenvalue weighted by atomic mass is 9.98. The minimum absolute atomic E-state index is 0.0748. The van der Waals surface area contributed by atoms with Crippen LogP contribution in [0.25, 0.3) is 22.3 Å². The number of aliphatic hydroxyl groups is 2. The summed E-state index contributed by atoms with van der Waals surface area (Å²) in [7, 11) is 0. The third-order valence-corrected chi connectivity index (χ3v) is 10.3. The lowest BCUT2D eigenvalue weighted by Crippen LogP contribution is -2.47. The minimum Gasteiger partial charge on any atom is -0.475 e. The first-order valence-corrected chi connectivity index (χ1v) is 18.9. The number of urea groups is 1. The molecule has 4 heterocycles.